The maximum atomic E-state index is 13.9. The van der Waals surface area contributed by atoms with Gasteiger partial charge in [-0.2, -0.15) is 0 Å². The Balaban J connectivity index is 1.99. The van der Waals surface area contributed by atoms with Crippen molar-refractivity contribution in [2.75, 3.05) is 6.61 Å². The van der Waals surface area contributed by atoms with Gasteiger partial charge in [-0.1, -0.05) is 44.2 Å². The van der Waals surface area contributed by atoms with Crippen LogP contribution in [0.25, 0.3) is 10.9 Å². The number of fused-ring (bicyclic) bond motifs is 1. The van der Waals surface area contributed by atoms with Crippen LogP contribution in [0.15, 0.2) is 59.9 Å². The smallest absolute Gasteiger partial charge is 0.252 e. The Hall–Kier alpha value is -3.12. The molecule has 2 heterocycles. The Bertz CT molecular complexity index is 1120. The molecule has 0 spiro atoms. The number of carbonyl (C=O) groups is 1. The molecule has 2 unspecified atom stereocenters. The van der Waals surface area contributed by atoms with E-state index in [1.54, 1.807) is 6.07 Å². The molecule has 2 atom stereocenters. The molecule has 0 bridgehead atoms. The molecule has 0 fully saturated rings. The Kier molecular flexibility index (Phi) is 5.35. The first kappa shape index (κ1) is 20.2. The molecule has 0 saturated heterocycles. The van der Waals surface area contributed by atoms with Crippen molar-refractivity contribution < 1.29 is 19.4 Å². The average Bonchev–Trinajstić information content (AvgIpc) is 3.21. The van der Waals surface area contributed by atoms with Crippen molar-refractivity contribution in [1.82, 2.24) is 10.3 Å². The standard InChI is InChI=1S/C24H25FN2O3/c1-13(2)21-23(29)20(24(30)27-21)19(14-6-4-3-5-7-14)22-17(10-11-28)16-9-8-15(25)12-18(16)26-22/h3-9,12-13,19,21,26,28-29H,10-11H2,1-2H3,(H,27,30). The third-order valence-electron chi connectivity index (χ3n) is 5.74. The van der Waals surface area contributed by atoms with Crippen molar-refractivity contribution in [3.63, 3.8) is 0 Å². The molecule has 30 heavy (non-hydrogen) atoms. The highest BCUT2D eigenvalue weighted by atomic mass is 19.1. The van der Waals surface area contributed by atoms with Crippen molar-refractivity contribution in [2.24, 2.45) is 5.92 Å². The average molecular weight is 408 g/mol. The largest absolute Gasteiger partial charge is 0.510 e. The lowest BCUT2D eigenvalue weighted by Gasteiger charge is -2.19. The third-order valence-corrected chi connectivity index (χ3v) is 5.74. The molecule has 156 valence electrons. The van der Waals surface area contributed by atoms with Crippen LogP contribution < -0.4 is 5.32 Å². The molecular formula is C24H25FN2O3. The fraction of sp³-hybridized carbons (Fsp3) is 0.292. The summed E-state index contributed by atoms with van der Waals surface area (Å²) < 4.78 is 13.9. The normalized spacial score (nSPS) is 17.8. The highest BCUT2D eigenvalue weighted by Crippen LogP contribution is 2.40. The number of amides is 1. The third kappa shape index (κ3) is 3.37. The van der Waals surface area contributed by atoms with Crippen molar-refractivity contribution in [1.29, 1.82) is 0 Å². The van der Waals surface area contributed by atoms with Gasteiger partial charge in [0.25, 0.3) is 5.91 Å². The number of rotatable bonds is 6. The van der Waals surface area contributed by atoms with Gasteiger partial charge in [0.15, 0.2) is 0 Å². The zero-order valence-electron chi connectivity index (χ0n) is 16.9. The monoisotopic (exact) mass is 408 g/mol. The van der Waals surface area contributed by atoms with E-state index in [1.807, 2.05) is 44.2 Å². The second-order valence-electron chi connectivity index (χ2n) is 8.02. The van der Waals surface area contributed by atoms with E-state index >= 15 is 0 Å². The quantitative estimate of drug-likeness (QED) is 0.498. The van der Waals surface area contributed by atoms with Crippen LogP contribution in [-0.4, -0.2) is 33.8 Å². The number of aliphatic hydroxyl groups excluding tert-OH is 2. The fourth-order valence-electron chi connectivity index (χ4n) is 4.33. The summed E-state index contributed by atoms with van der Waals surface area (Å²) in [5, 5.41) is 24.4. The summed E-state index contributed by atoms with van der Waals surface area (Å²) in [4.78, 5) is 16.2. The van der Waals surface area contributed by atoms with Gasteiger partial charge >= 0.3 is 0 Å². The van der Waals surface area contributed by atoms with Gasteiger partial charge in [0.05, 0.1) is 17.5 Å². The molecule has 2 aromatic carbocycles. The SMILES string of the molecule is CC(C)C1NC(=O)C(C(c2ccccc2)c2[nH]c3cc(F)ccc3c2CCO)=C1O. The number of carbonyl (C=O) groups excluding carboxylic acids is 1. The molecule has 1 amide bonds. The number of aromatic nitrogens is 1. The van der Waals surface area contributed by atoms with Gasteiger partial charge < -0.3 is 20.5 Å². The van der Waals surface area contributed by atoms with Crippen molar-refractivity contribution in [3.05, 3.63) is 82.5 Å². The maximum absolute atomic E-state index is 13.9. The number of halogens is 1. The van der Waals surface area contributed by atoms with Gasteiger partial charge in [-0.05, 0) is 41.7 Å². The first-order valence-corrected chi connectivity index (χ1v) is 10.1. The topological polar surface area (TPSA) is 85.4 Å². The predicted molar refractivity (Wildman–Crippen MR) is 114 cm³/mol. The first-order chi connectivity index (χ1) is 14.4. The van der Waals surface area contributed by atoms with Crippen LogP contribution in [0.3, 0.4) is 0 Å². The molecule has 4 rings (SSSR count). The molecule has 1 aromatic heterocycles. The van der Waals surface area contributed by atoms with Gasteiger partial charge in [0.2, 0.25) is 0 Å². The van der Waals surface area contributed by atoms with E-state index in [0.29, 0.717) is 17.6 Å². The molecule has 6 heteroatoms. The summed E-state index contributed by atoms with van der Waals surface area (Å²) in [7, 11) is 0. The number of benzene rings is 2. The molecule has 0 aliphatic carbocycles. The molecular weight excluding hydrogens is 383 g/mol. The summed E-state index contributed by atoms with van der Waals surface area (Å²) in [6.45, 7) is 3.78. The highest BCUT2D eigenvalue weighted by Gasteiger charge is 2.40. The van der Waals surface area contributed by atoms with Crippen LogP contribution in [0.2, 0.25) is 0 Å². The van der Waals surface area contributed by atoms with Crippen LogP contribution in [0.5, 0.6) is 0 Å². The summed E-state index contributed by atoms with van der Waals surface area (Å²) in [6.07, 6.45) is 0.341. The van der Waals surface area contributed by atoms with Gasteiger partial charge in [-0.25, -0.2) is 4.39 Å². The number of H-pyrrole nitrogens is 1. The molecule has 0 radical (unpaired) electrons. The number of aromatic amines is 1. The van der Waals surface area contributed by atoms with E-state index in [4.69, 9.17) is 0 Å². The Morgan fingerprint density at radius 3 is 2.50 bits per heavy atom. The molecule has 4 N–H and O–H groups in total. The van der Waals surface area contributed by atoms with Crippen LogP contribution in [0, 0.1) is 11.7 Å². The summed E-state index contributed by atoms with van der Waals surface area (Å²) >= 11 is 0. The highest BCUT2D eigenvalue weighted by molar-refractivity contribution is 6.00. The Morgan fingerprint density at radius 2 is 1.87 bits per heavy atom. The maximum Gasteiger partial charge on any atom is 0.252 e. The lowest BCUT2D eigenvalue weighted by Crippen LogP contribution is -2.33. The van der Waals surface area contributed by atoms with Crippen LogP contribution >= 0.6 is 0 Å². The van der Waals surface area contributed by atoms with E-state index in [-0.39, 0.29) is 35.6 Å². The minimum Gasteiger partial charge on any atom is -0.510 e. The number of hydrogen-bond acceptors (Lipinski definition) is 3. The first-order valence-electron chi connectivity index (χ1n) is 10.1. The molecule has 1 aliphatic rings. The van der Waals surface area contributed by atoms with Crippen molar-refractivity contribution in [2.45, 2.75) is 32.2 Å². The molecule has 5 nitrogen and oxygen atoms in total. The Labute approximate surface area is 174 Å². The van der Waals surface area contributed by atoms with E-state index in [1.165, 1.54) is 12.1 Å². The second-order valence-corrected chi connectivity index (χ2v) is 8.02. The van der Waals surface area contributed by atoms with Crippen LogP contribution in [0.1, 0.15) is 36.6 Å². The lowest BCUT2D eigenvalue weighted by molar-refractivity contribution is -0.117. The van der Waals surface area contributed by atoms with Crippen molar-refractivity contribution >= 4 is 16.8 Å². The zero-order chi connectivity index (χ0) is 21.4. The van der Waals surface area contributed by atoms with E-state index in [9.17, 15) is 19.4 Å². The van der Waals surface area contributed by atoms with Crippen LogP contribution in [0.4, 0.5) is 4.39 Å². The number of nitrogens with one attached hydrogen (secondary N) is 2. The fourth-order valence-corrected chi connectivity index (χ4v) is 4.33. The number of hydrogen-bond donors (Lipinski definition) is 4. The summed E-state index contributed by atoms with van der Waals surface area (Å²) in [5.74, 6) is -1.21. The van der Waals surface area contributed by atoms with E-state index in [2.05, 4.69) is 10.3 Å². The summed E-state index contributed by atoms with van der Waals surface area (Å²) in [5.41, 5.74) is 3.18. The minimum atomic E-state index is -0.577. The predicted octanol–water partition coefficient (Wildman–Crippen LogP) is 3.94. The molecule has 0 saturated carbocycles. The summed E-state index contributed by atoms with van der Waals surface area (Å²) in [6, 6.07) is 13.4. The van der Waals surface area contributed by atoms with Gasteiger partial charge in [0, 0.05) is 23.2 Å². The Morgan fingerprint density at radius 1 is 1.13 bits per heavy atom. The van der Waals surface area contributed by atoms with E-state index < -0.39 is 12.0 Å². The van der Waals surface area contributed by atoms with Gasteiger partial charge in [-0.15, -0.1) is 0 Å². The van der Waals surface area contributed by atoms with Gasteiger partial charge in [0.1, 0.15) is 11.6 Å². The number of aliphatic hydroxyl groups is 2. The lowest BCUT2D eigenvalue weighted by atomic mass is 9.84. The van der Waals surface area contributed by atoms with Crippen LogP contribution in [-0.2, 0) is 11.2 Å². The van der Waals surface area contributed by atoms with Gasteiger partial charge in [-0.3, -0.25) is 4.79 Å². The van der Waals surface area contributed by atoms with Crippen molar-refractivity contribution in [3.8, 4) is 0 Å². The minimum absolute atomic E-state index is 0.0246. The second kappa shape index (κ2) is 7.95. The van der Waals surface area contributed by atoms with E-state index in [0.717, 1.165) is 16.5 Å². The molecule has 1 aliphatic heterocycles. The molecule has 3 aromatic rings. The zero-order valence-corrected chi connectivity index (χ0v) is 16.9.